The normalized spacial score (nSPS) is 10.2. The molecule has 0 saturated carbocycles. The molecule has 2 heterocycles. The van der Waals surface area contributed by atoms with E-state index in [1.807, 2.05) is 48.5 Å². The molecule has 0 atom stereocenters. The van der Waals surface area contributed by atoms with Crippen LogP contribution in [0.15, 0.2) is 59.2 Å². The molecule has 0 spiro atoms. The van der Waals surface area contributed by atoms with E-state index >= 15 is 0 Å². The maximum absolute atomic E-state index is 9.37. The van der Waals surface area contributed by atoms with Crippen molar-refractivity contribution in [2.75, 3.05) is 5.73 Å². The average Bonchev–Trinajstić information content (AvgIpc) is 2.55. The third-order valence-corrected chi connectivity index (χ3v) is 3.94. The highest BCUT2D eigenvalue weighted by atomic mass is 79.9. The lowest BCUT2D eigenvalue weighted by atomic mass is 10.0. The topological polar surface area (TPSA) is 75.6 Å². The summed E-state index contributed by atoms with van der Waals surface area (Å²) in [5.41, 5.74) is 9.31. The molecule has 0 unspecified atom stereocenters. The van der Waals surface area contributed by atoms with E-state index in [9.17, 15) is 5.26 Å². The molecule has 22 heavy (non-hydrogen) atoms. The molecule has 0 aliphatic heterocycles. The Morgan fingerprint density at radius 3 is 2.45 bits per heavy atom. The molecule has 0 saturated heterocycles. The lowest BCUT2D eigenvalue weighted by Gasteiger charge is -2.10. The largest absolute Gasteiger partial charge is 0.383 e. The lowest BCUT2D eigenvalue weighted by molar-refractivity contribution is 1.27. The van der Waals surface area contributed by atoms with Crippen LogP contribution in [0.4, 0.5) is 5.82 Å². The molecule has 2 aromatic heterocycles. The van der Waals surface area contributed by atoms with E-state index in [-0.39, 0.29) is 5.82 Å². The van der Waals surface area contributed by atoms with E-state index in [1.165, 1.54) is 0 Å². The number of halogens is 1. The zero-order valence-electron chi connectivity index (χ0n) is 11.5. The molecule has 3 rings (SSSR count). The predicted octanol–water partition coefficient (Wildman–Crippen LogP) is 4.03. The summed E-state index contributed by atoms with van der Waals surface area (Å²) in [4.78, 5) is 8.67. The van der Waals surface area contributed by atoms with Crippen molar-refractivity contribution >= 4 is 21.7 Å². The molecule has 4 nitrogen and oxygen atoms in total. The Morgan fingerprint density at radius 1 is 1.00 bits per heavy atom. The van der Waals surface area contributed by atoms with Crippen LogP contribution in [0, 0.1) is 11.3 Å². The van der Waals surface area contributed by atoms with Crippen molar-refractivity contribution < 1.29 is 0 Å². The van der Waals surface area contributed by atoms with Gasteiger partial charge in [0.2, 0.25) is 0 Å². The van der Waals surface area contributed by atoms with Crippen molar-refractivity contribution in [3.63, 3.8) is 0 Å². The molecule has 0 bridgehead atoms. The summed E-state index contributed by atoms with van der Waals surface area (Å²) in [6.07, 6.45) is 1.69. The zero-order valence-corrected chi connectivity index (χ0v) is 13.1. The van der Waals surface area contributed by atoms with Gasteiger partial charge in [0.15, 0.2) is 0 Å². The summed E-state index contributed by atoms with van der Waals surface area (Å²) in [5.74, 6) is 0.205. The maximum Gasteiger partial charge on any atom is 0.142 e. The fourth-order valence-corrected chi connectivity index (χ4v) is 2.70. The van der Waals surface area contributed by atoms with Crippen LogP contribution in [0.1, 0.15) is 5.56 Å². The minimum atomic E-state index is 0.205. The van der Waals surface area contributed by atoms with Crippen molar-refractivity contribution in [2.24, 2.45) is 0 Å². The smallest absolute Gasteiger partial charge is 0.142 e. The van der Waals surface area contributed by atoms with Gasteiger partial charge in [0, 0.05) is 21.8 Å². The molecule has 2 N–H and O–H groups in total. The maximum atomic E-state index is 9.37. The van der Waals surface area contributed by atoms with Gasteiger partial charge in [0.25, 0.3) is 0 Å². The van der Waals surface area contributed by atoms with Gasteiger partial charge >= 0.3 is 0 Å². The quantitative estimate of drug-likeness (QED) is 0.756. The minimum Gasteiger partial charge on any atom is -0.383 e. The van der Waals surface area contributed by atoms with E-state index in [2.05, 4.69) is 32.0 Å². The average molecular weight is 351 g/mol. The van der Waals surface area contributed by atoms with Gasteiger partial charge in [0.05, 0.1) is 11.4 Å². The molecule has 0 fully saturated rings. The molecular weight excluding hydrogens is 340 g/mol. The van der Waals surface area contributed by atoms with Gasteiger partial charge in [-0.25, -0.2) is 4.98 Å². The third-order valence-electron chi connectivity index (χ3n) is 3.25. The highest BCUT2D eigenvalue weighted by Gasteiger charge is 2.15. The molecule has 1 aromatic carbocycles. The molecule has 0 radical (unpaired) electrons. The summed E-state index contributed by atoms with van der Waals surface area (Å²) in [6, 6.07) is 17.2. The monoisotopic (exact) mass is 350 g/mol. The van der Waals surface area contributed by atoms with Crippen LogP contribution in [0.3, 0.4) is 0 Å². The highest BCUT2D eigenvalue weighted by Crippen LogP contribution is 2.33. The summed E-state index contributed by atoms with van der Waals surface area (Å²) in [5, 5.41) is 9.37. The first kappa shape index (κ1) is 14.2. The van der Waals surface area contributed by atoms with Crippen LogP contribution < -0.4 is 5.73 Å². The fourth-order valence-electron chi connectivity index (χ4n) is 2.21. The number of benzene rings is 1. The van der Waals surface area contributed by atoms with Gasteiger partial charge < -0.3 is 5.73 Å². The van der Waals surface area contributed by atoms with E-state index in [1.54, 1.807) is 6.20 Å². The van der Waals surface area contributed by atoms with Gasteiger partial charge in [0.1, 0.15) is 17.5 Å². The Kier molecular flexibility index (Phi) is 3.86. The second-order valence-electron chi connectivity index (χ2n) is 4.62. The van der Waals surface area contributed by atoms with E-state index in [0.29, 0.717) is 22.5 Å². The van der Waals surface area contributed by atoms with Crippen molar-refractivity contribution in [3.8, 4) is 28.6 Å². The number of aromatic nitrogens is 2. The SMILES string of the molecule is N#Cc1c(-c2ccccn2)cc(-c2ccccc2Br)nc1N. The number of nitriles is 1. The number of rotatable bonds is 2. The number of hydrogen-bond acceptors (Lipinski definition) is 4. The van der Waals surface area contributed by atoms with Crippen LogP contribution in [-0.2, 0) is 0 Å². The Labute approximate surface area is 136 Å². The van der Waals surface area contributed by atoms with Crippen molar-refractivity contribution in [1.29, 1.82) is 5.26 Å². The second-order valence-corrected chi connectivity index (χ2v) is 5.48. The van der Waals surface area contributed by atoms with Crippen LogP contribution in [-0.4, -0.2) is 9.97 Å². The van der Waals surface area contributed by atoms with Crippen LogP contribution >= 0.6 is 15.9 Å². The summed E-state index contributed by atoms with van der Waals surface area (Å²) in [7, 11) is 0. The number of anilines is 1. The van der Waals surface area contributed by atoms with Crippen LogP contribution in [0.5, 0.6) is 0 Å². The number of nitrogen functional groups attached to an aromatic ring is 1. The molecule has 0 aliphatic rings. The van der Waals surface area contributed by atoms with Crippen molar-refractivity contribution in [3.05, 3.63) is 64.8 Å². The Bertz CT molecular complexity index is 870. The van der Waals surface area contributed by atoms with E-state index < -0.39 is 0 Å². The van der Waals surface area contributed by atoms with Gasteiger partial charge in [-0.05, 0) is 24.3 Å². The fraction of sp³-hybridized carbons (Fsp3) is 0. The number of pyridine rings is 2. The molecular formula is C17H11BrN4. The van der Waals surface area contributed by atoms with Crippen LogP contribution in [0.25, 0.3) is 22.5 Å². The number of hydrogen-bond donors (Lipinski definition) is 1. The zero-order chi connectivity index (χ0) is 15.5. The number of nitrogens with zero attached hydrogens (tertiary/aromatic N) is 3. The Morgan fingerprint density at radius 2 is 1.77 bits per heavy atom. The predicted molar refractivity (Wildman–Crippen MR) is 89.7 cm³/mol. The molecule has 5 heteroatoms. The molecule has 0 amide bonds. The second kappa shape index (κ2) is 5.96. The van der Waals surface area contributed by atoms with Gasteiger partial charge in [-0.15, -0.1) is 0 Å². The van der Waals surface area contributed by atoms with Crippen LogP contribution in [0.2, 0.25) is 0 Å². The number of nitrogens with two attached hydrogens (primary N) is 1. The lowest BCUT2D eigenvalue weighted by Crippen LogP contribution is -2.00. The Balaban J connectivity index is 2.27. The first-order chi connectivity index (χ1) is 10.7. The van der Waals surface area contributed by atoms with Gasteiger partial charge in [-0.3, -0.25) is 4.98 Å². The van der Waals surface area contributed by atoms with Crippen molar-refractivity contribution in [2.45, 2.75) is 0 Å². The first-order valence-electron chi connectivity index (χ1n) is 6.57. The highest BCUT2D eigenvalue weighted by molar-refractivity contribution is 9.10. The van der Waals surface area contributed by atoms with Gasteiger partial charge in [-0.1, -0.05) is 40.2 Å². The van der Waals surface area contributed by atoms with Gasteiger partial charge in [-0.2, -0.15) is 5.26 Å². The summed E-state index contributed by atoms with van der Waals surface area (Å²) in [6.45, 7) is 0. The first-order valence-corrected chi connectivity index (χ1v) is 7.37. The standard InChI is InChI=1S/C17H11BrN4/c18-14-6-2-1-5-11(14)16-9-12(13(10-19)17(20)22-16)15-7-3-4-8-21-15/h1-9H,(H2,20,22). The molecule has 106 valence electrons. The molecule has 0 aliphatic carbocycles. The summed E-state index contributed by atoms with van der Waals surface area (Å²) < 4.78 is 0.915. The minimum absolute atomic E-state index is 0.205. The summed E-state index contributed by atoms with van der Waals surface area (Å²) >= 11 is 3.51. The van der Waals surface area contributed by atoms with Crippen molar-refractivity contribution in [1.82, 2.24) is 9.97 Å². The van der Waals surface area contributed by atoms with E-state index in [4.69, 9.17) is 5.73 Å². The molecule has 3 aromatic rings. The van der Waals surface area contributed by atoms with E-state index in [0.717, 1.165) is 10.0 Å². The third kappa shape index (κ3) is 2.57. The Hall–Kier alpha value is -2.71.